The summed E-state index contributed by atoms with van der Waals surface area (Å²) in [5, 5.41) is 2.39. The molecule has 0 aromatic heterocycles. The van der Waals surface area contributed by atoms with Gasteiger partial charge in [0.2, 0.25) is 5.91 Å². The van der Waals surface area contributed by atoms with Crippen LogP contribution >= 0.6 is 0 Å². The third-order valence-corrected chi connectivity index (χ3v) is 5.12. The van der Waals surface area contributed by atoms with Crippen molar-refractivity contribution in [2.24, 2.45) is 5.92 Å². The van der Waals surface area contributed by atoms with E-state index in [2.05, 4.69) is 5.32 Å². The lowest BCUT2D eigenvalue weighted by Gasteiger charge is -2.20. The number of rotatable bonds is 5. The number of nitrogens with zero attached hydrogens (tertiary/aromatic N) is 1. The van der Waals surface area contributed by atoms with E-state index in [4.69, 9.17) is 4.74 Å². The van der Waals surface area contributed by atoms with Crippen LogP contribution in [-0.4, -0.2) is 30.4 Å². The Kier molecular flexibility index (Phi) is 5.96. The van der Waals surface area contributed by atoms with Crippen molar-refractivity contribution in [3.63, 3.8) is 0 Å². The molecule has 0 bridgehead atoms. The van der Waals surface area contributed by atoms with Gasteiger partial charge in [-0.1, -0.05) is 24.3 Å². The highest BCUT2D eigenvalue weighted by molar-refractivity contribution is 6.01. The molecule has 6 nitrogen and oxygen atoms in total. The van der Waals surface area contributed by atoms with Crippen molar-refractivity contribution in [2.45, 2.75) is 33.3 Å². The van der Waals surface area contributed by atoms with Gasteiger partial charge in [-0.2, -0.15) is 0 Å². The van der Waals surface area contributed by atoms with Gasteiger partial charge in [0.25, 0.3) is 5.91 Å². The fourth-order valence-corrected chi connectivity index (χ4v) is 3.25. The summed E-state index contributed by atoms with van der Waals surface area (Å²) in [6.07, 6.45) is -1.10. The first-order valence-corrected chi connectivity index (χ1v) is 9.40. The Morgan fingerprint density at radius 1 is 1.17 bits per heavy atom. The lowest BCUT2D eigenvalue weighted by atomic mass is 10.1. The SMILES string of the molecule is Cc1cccc(N2C[C@@H](C(=O)O[C@H](C)C(=O)Nc3ccccc3F)CC2=O)c1C. The number of benzene rings is 2. The fourth-order valence-electron chi connectivity index (χ4n) is 3.25. The number of esters is 1. The zero-order valence-corrected chi connectivity index (χ0v) is 16.6. The largest absolute Gasteiger partial charge is 0.452 e. The molecule has 29 heavy (non-hydrogen) atoms. The topological polar surface area (TPSA) is 75.7 Å². The molecule has 0 radical (unpaired) electrons. The zero-order valence-electron chi connectivity index (χ0n) is 16.6. The van der Waals surface area contributed by atoms with Gasteiger partial charge in [-0.05, 0) is 50.1 Å². The Morgan fingerprint density at radius 2 is 1.90 bits per heavy atom. The summed E-state index contributed by atoms with van der Waals surface area (Å²) in [6.45, 7) is 5.50. The number of halogens is 1. The minimum absolute atomic E-state index is 0.0116. The maximum absolute atomic E-state index is 13.7. The van der Waals surface area contributed by atoms with Crippen LogP contribution in [0.2, 0.25) is 0 Å². The molecule has 152 valence electrons. The molecular formula is C22H23FN2O4. The average Bonchev–Trinajstić information content (AvgIpc) is 3.07. The lowest BCUT2D eigenvalue weighted by molar-refractivity contribution is -0.157. The van der Waals surface area contributed by atoms with Crippen LogP contribution in [0, 0.1) is 25.6 Å². The van der Waals surface area contributed by atoms with Crippen LogP contribution in [0.15, 0.2) is 42.5 Å². The van der Waals surface area contributed by atoms with Crippen LogP contribution in [0.4, 0.5) is 15.8 Å². The molecule has 1 N–H and O–H groups in total. The van der Waals surface area contributed by atoms with Crippen molar-refractivity contribution in [3.8, 4) is 0 Å². The van der Waals surface area contributed by atoms with Gasteiger partial charge in [-0.3, -0.25) is 14.4 Å². The van der Waals surface area contributed by atoms with Crippen molar-refractivity contribution in [2.75, 3.05) is 16.8 Å². The third-order valence-electron chi connectivity index (χ3n) is 5.12. The molecule has 1 fully saturated rings. The van der Waals surface area contributed by atoms with E-state index in [9.17, 15) is 18.8 Å². The Balaban J connectivity index is 1.62. The molecular weight excluding hydrogens is 375 g/mol. The highest BCUT2D eigenvalue weighted by atomic mass is 19.1. The van der Waals surface area contributed by atoms with Gasteiger partial charge in [0, 0.05) is 18.7 Å². The minimum atomic E-state index is -1.12. The monoisotopic (exact) mass is 398 g/mol. The Bertz CT molecular complexity index is 960. The number of hydrogen-bond acceptors (Lipinski definition) is 4. The Morgan fingerprint density at radius 3 is 2.62 bits per heavy atom. The van der Waals surface area contributed by atoms with Crippen molar-refractivity contribution >= 4 is 29.2 Å². The molecule has 1 aliphatic rings. The van der Waals surface area contributed by atoms with Gasteiger partial charge >= 0.3 is 5.97 Å². The van der Waals surface area contributed by atoms with Gasteiger partial charge in [0.15, 0.2) is 6.10 Å². The van der Waals surface area contributed by atoms with Crippen molar-refractivity contribution in [3.05, 3.63) is 59.4 Å². The van der Waals surface area contributed by atoms with E-state index in [1.165, 1.54) is 25.1 Å². The van der Waals surface area contributed by atoms with Crippen molar-refractivity contribution in [1.29, 1.82) is 0 Å². The second-order valence-corrected chi connectivity index (χ2v) is 7.17. The molecule has 1 heterocycles. The van der Waals surface area contributed by atoms with E-state index in [0.717, 1.165) is 16.8 Å². The van der Waals surface area contributed by atoms with E-state index in [0.29, 0.717) is 0 Å². The molecule has 0 spiro atoms. The number of amides is 2. The maximum atomic E-state index is 13.7. The van der Waals surface area contributed by atoms with Crippen LogP contribution in [0.1, 0.15) is 24.5 Å². The van der Waals surface area contributed by atoms with E-state index in [-0.39, 0.29) is 24.6 Å². The zero-order chi connectivity index (χ0) is 21.1. The summed E-state index contributed by atoms with van der Waals surface area (Å²) in [5.74, 6) is -2.67. The summed E-state index contributed by atoms with van der Waals surface area (Å²) < 4.78 is 18.9. The molecule has 7 heteroatoms. The van der Waals surface area contributed by atoms with Gasteiger partial charge in [0.1, 0.15) is 5.82 Å². The summed E-state index contributed by atoms with van der Waals surface area (Å²) >= 11 is 0. The number of nitrogens with one attached hydrogen (secondary N) is 1. The number of aryl methyl sites for hydroxylation is 1. The predicted molar refractivity (Wildman–Crippen MR) is 107 cm³/mol. The fraction of sp³-hybridized carbons (Fsp3) is 0.318. The van der Waals surface area contributed by atoms with Crippen LogP contribution in [0.5, 0.6) is 0 Å². The van der Waals surface area contributed by atoms with E-state index in [1.807, 2.05) is 32.0 Å². The van der Waals surface area contributed by atoms with E-state index < -0.39 is 29.7 Å². The lowest BCUT2D eigenvalue weighted by Crippen LogP contribution is -2.33. The van der Waals surface area contributed by atoms with Crippen molar-refractivity contribution < 1.29 is 23.5 Å². The molecule has 1 aliphatic heterocycles. The second kappa shape index (κ2) is 8.43. The van der Waals surface area contributed by atoms with E-state index in [1.54, 1.807) is 11.0 Å². The molecule has 2 atom stereocenters. The summed E-state index contributed by atoms with van der Waals surface area (Å²) in [7, 11) is 0. The average molecular weight is 398 g/mol. The maximum Gasteiger partial charge on any atom is 0.312 e. The number of carbonyl (C=O) groups excluding carboxylic acids is 3. The standard InChI is InChI=1S/C22H23FN2O4/c1-13-7-6-10-19(14(13)2)25-12-16(11-20(25)26)22(28)29-15(3)21(27)24-18-9-5-4-8-17(18)23/h4-10,15-16H,11-12H2,1-3H3,(H,24,27)/t15-,16+/m1/s1. The number of carbonyl (C=O) groups is 3. The van der Waals surface area contributed by atoms with Crippen LogP contribution in [-0.2, 0) is 19.1 Å². The Hall–Kier alpha value is -3.22. The summed E-state index contributed by atoms with van der Waals surface area (Å²) in [6, 6.07) is 11.4. The molecule has 2 amide bonds. The highest BCUT2D eigenvalue weighted by Gasteiger charge is 2.37. The molecule has 2 aromatic carbocycles. The molecule has 1 saturated heterocycles. The first-order chi connectivity index (χ1) is 13.8. The molecule has 0 saturated carbocycles. The smallest absolute Gasteiger partial charge is 0.312 e. The first kappa shape index (κ1) is 20.5. The quantitative estimate of drug-likeness (QED) is 0.784. The third kappa shape index (κ3) is 4.45. The van der Waals surface area contributed by atoms with Crippen LogP contribution in [0.25, 0.3) is 0 Å². The number of ether oxygens (including phenoxy) is 1. The van der Waals surface area contributed by atoms with Gasteiger partial charge in [-0.15, -0.1) is 0 Å². The highest BCUT2D eigenvalue weighted by Crippen LogP contribution is 2.30. The molecule has 0 unspecified atom stereocenters. The molecule has 0 aliphatic carbocycles. The van der Waals surface area contributed by atoms with Crippen LogP contribution < -0.4 is 10.2 Å². The number of hydrogen-bond donors (Lipinski definition) is 1. The second-order valence-electron chi connectivity index (χ2n) is 7.17. The summed E-state index contributed by atoms with van der Waals surface area (Å²) in [5.41, 5.74) is 2.82. The van der Waals surface area contributed by atoms with Crippen LogP contribution in [0.3, 0.4) is 0 Å². The number of para-hydroxylation sites is 1. The first-order valence-electron chi connectivity index (χ1n) is 9.40. The van der Waals surface area contributed by atoms with Crippen molar-refractivity contribution in [1.82, 2.24) is 0 Å². The summed E-state index contributed by atoms with van der Waals surface area (Å²) in [4.78, 5) is 38.7. The predicted octanol–water partition coefficient (Wildman–Crippen LogP) is 3.37. The minimum Gasteiger partial charge on any atom is -0.452 e. The van der Waals surface area contributed by atoms with Gasteiger partial charge < -0.3 is 15.0 Å². The molecule has 3 rings (SSSR count). The molecule has 2 aromatic rings. The Labute approximate surface area is 168 Å². The van der Waals surface area contributed by atoms with E-state index >= 15 is 0 Å². The number of anilines is 2. The normalized spacial score (nSPS) is 17.2. The van der Waals surface area contributed by atoms with Gasteiger partial charge in [-0.25, -0.2) is 4.39 Å². The van der Waals surface area contributed by atoms with Gasteiger partial charge in [0.05, 0.1) is 11.6 Å².